The van der Waals surface area contributed by atoms with Crippen LogP contribution in [0.2, 0.25) is 0 Å². The second kappa shape index (κ2) is 4.79. The van der Waals surface area contributed by atoms with Crippen molar-refractivity contribution in [3.05, 3.63) is 29.3 Å². The van der Waals surface area contributed by atoms with Crippen molar-refractivity contribution in [2.75, 3.05) is 7.11 Å². The van der Waals surface area contributed by atoms with Gasteiger partial charge in [0, 0.05) is 5.92 Å². The highest BCUT2D eigenvalue weighted by molar-refractivity contribution is 6.02. The number of rotatable bonds is 4. The third-order valence-corrected chi connectivity index (χ3v) is 2.24. The molecule has 0 atom stereocenters. The molecule has 0 aliphatic rings. The molecule has 0 aliphatic carbocycles. The third kappa shape index (κ3) is 2.39. The number of aromatic carboxylic acids is 1. The molecule has 1 N–H and O–H groups in total. The fourth-order valence-corrected chi connectivity index (χ4v) is 1.34. The van der Waals surface area contributed by atoms with E-state index in [0.717, 1.165) is 0 Å². The zero-order chi connectivity index (χ0) is 12.3. The highest BCUT2D eigenvalue weighted by Crippen LogP contribution is 2.23. The fraction of sp³-hybridized carbons (Fsp3) is 0.333. The number of hydrogen-bond acceptors (Lipinski definition) is 3. The van der Waals surface area contributed by atoms with E-state index < -0.39 is 5.97 Å². The number of carboxylic acids is 1. The molecule has 0 radical (unpaired) electrons. The molecular weight excluding hydrogens is 208 g/mol. The number of carbonyl (C=O) groups is 2. The van der Waals surface area contributed by atoms with Gasteiger partial charge in [0.05, 0.1) is 18.2 Å². The molecule has 0 saturated carbocycles. The van der Waals surface area contributed by atoms with Crippen LogP contribution in [0.15, 0.2) is 18.2 Å². The molecule has 0 aliphatic heterocycles. The summed E-state index contributed by atoms with van der Waals surface area (Å²) in [6.45, 7) is 3.52. The smallest absolute Gasteiger partial charge is 0.335 e. The summed E-state index contributed by atoms with van der Waals surface area (Å²) >= 11 is 0. The molecule has 4 heteroatoms. The van der Waals surface area contributed by atoms with E-state index in [2.05, 4.69) is 0 Å². The first-order valence-electron chi connectivity index (χ1n) is 4.93. The van der Waals surface area contributed by atoms with Crippen molar-refractivity contribution in [3.8, 4) is 5.75 Å². The molecule has 0 spiro atoms. The Kier molecular flexibility index (Phi) is 3.66. The second-order valence-electron chi connectivity index (χ2n) is 3.74. The number of carboxylic acid groups (broad SMARTS) is 1. The number of ketones is 1. The maximum Gasteiger partial charge on any atom is 0.335 e. The van der Waals surface area contributed by atoms with Gasteiger partial charge in [-0.05, 0) is 18.2 Å². The maximum atomic E-state index is 11.8. The summed E-state index contributed by atoms with van der Waals surface area (Å²) in [6.07, 6.45) is 0. The largest absolute Gasteiger partial charge is 0.496 e. The molecule has 0 heterocycles. The van der Waals surface area contributed by atoms with Gasteiger partial charge in [0.15, 0.2) is 5.78 Å². The average Bonchev–Trinajstić information content (AvgIpc) is 2.26. The van der Waals surface area contributed by atoms with Crippen LogP contribution < -0.4 is 4.74 Å². The number of Topliss-reactive ketones (excluding diaryl/α,β-unsaturated/α-hetero) is 1. The van der Waals surface area contributed by atoms with E-state index >= 15 is 0 Å². The van der Waals surface area contributed by atoms with Gasteiger partial charge < -0.3 is 9.84 Å². The Morgan fingerprint density at radius 2 is 1.94 bits per heavy atom. The summed E-state index contributed by atoms with van der Waals surface area (Å²) in [5, 5.41) is 8.84. The minimum absolute atomic E-state index is 0.0878. The number of carbonyl (C=O) groups excluding carboxylic acids is 1. The molecule has 4 nitrogen and oxygen atoms in total. The Hall–Kier alpha value is -1.84. The SMILES string of the molecule is COc1ccc(C(=O)O)cc1C(=O)C(C)C. The molecule has 0 aromatic heterocycles. The molecule has 0 amide bonds. The Balaban J connectivity index is 3.27. The van der Waals surface area contributed by atoms with E-state index in [1.165, 1.54) is 25.3 Å². The summed E-state index contributed by atoms with van der Waals surface area (Å²) in [7, 11) is 1.45. The van der Waals surface area contributed by atoms with Crippen LogP contribution in [-0.4, -0.2) is 24.0 Å². The van der Waals surface area contributed by atoms with Crippen molar-refractivity contribution in [1.82, 2.24) is 0 Å². The average molecular weight is 222 g/mol. The summed E-state index contributed by atoms with van der Waals surface area (Å²) in [6, 6.07) is 4.26. The predicted molar refractivity (Wildman–Crippen MR) is 59.1 cm³/mol. The number of hydrogen-bond donors (Lipinski definition) is 1. The van der Waals surface area contributed by atoms with E-state index in [9.17, 15) is 9.59 Å². The molecule has 0 fully saturated rings. The van der Waals surface area contributed by atoms with Crippen LogP contribution in [0.4, 0.5) is 0 Å². The second-order valence-corrected chi connectivity index (χ2v) is 3.74. The third-order valence-electron chi connectivity index (χ3n) is 2.24. The zero-order valence-corrected chi connectivity index (χ0v) is 9.48. The zero-order valence-electron chi connectivity index (χ0n) is 9.48. The van der Waals surface area contributed by atoms with E-state index in [1.807, 2.05) is 0 Å². The van der Waals surface area contributed by atoms with Gasteiger partial charge in [-0.3, -0.25) is 4.79 Å². The Morgan fingerprint density at radius 1 is 1.31 bits per heavy atom. The first-order chi connectivity index (χ1) is 7.47. The highest BCUT2D eigenvalue weighted by Gasteiger charge is 2.17. The summed E-state index contributed by atoms with van der Waals surface area (Å²) < 4.78 is 5.04. The van der Waals surface area contributed by atoms with Gasteiger partial charge in [0.25, 0.3) is 0 Å². The van der Waals surface area contributed by atoms with Crippen molar-refractivity contribution in [1.29, 1.82) is 0 Å². The lowest BCUT2D eigenvalue weighted by Crippen LogP contribution is -2.10. The Bertz CT molecular complexity index is 421. The van der Waals surface area contributed by atoms with E-state index in [0.29, 0.717) is 11.3 Å². The van der Waals surface area contributed by atoms with Crippen molar-refractivity contribution in [2.45, 2.75) is 13.8 Å². The van der Waals surface area contributed by atoms with Crippen LogP contribution in [-0.2, 0) is 0 Å². The first-order valence-corrected chi connectivity index (χ1v) is 4.93. The molecule has 1 aromatic carbocycles. The Morgan fingerprint density at radius 3 is 2.38 bits per heavy atom. The van der Waals surface area contributed by atoms with E-state index in [4.69, 9.17) is 9.84 Å². The topological polar surface area (TPSA) is 63.6 Å². The van der Waals surface area contributed by atoms with Crippen LogP contribution in [0.5, 0.6) is 5.75 Å². The lowest BCUT2D eigenvalue weighted by molar-refractivity contribution is 0.0697. The quantitative estimate of drug-likeness (QED) is 0.793. The van der Waals surface area contributed by atoms with Gasteiger partial charge in [0.1, 0.15) is 5.75 Å². The lowest BCUT2D eigenvalue weighted by Gasteiger charge is -2.10. The summed E-state index contributed by atoms with van der Waals surface area (Å²) in [4.78, 5) is 22.6. The molecular formula is C12H14O4. The molecule has 86 valence electrons. The van der Waals surface area contributed by atoms with Crippen LogP contribution >= 0.6 is 0 Å². The number of benzene rings is 1. The number of methoxy groups -OCH3 is 1. The van der Waals surface area contributed by atoms with E-state index in [-0.39, 0.29) is 17.3 Å². The lowest BCUT2D eigenvalue weighted by atomic mass is 9.98. The normalized spacial score (nSPS) is 10.2. The highest BCUT2D eigenvalue weighted by atomic mass is 16.5. The van der Waals surface area contributed by atoms with Gasteiger partial charge in [-0.2, -0.15) is 0 Å². The maximum absolute atomic E-state index is 11.8. The van der Waals surface area contributed by atoms with Crippen LogP contribution in [0.25, 0.3) is 0 Å². The van der Waals surface area contributed by atoms with Crippen LogP contribution in [0.1, 0.15) is 34.6 Å². The minimum atomic E-state index is -1.06. The van der Waals surface area contributed by atoms with E-state index in [1.54, 1.807) is 13.8 Å². The monoisotopic (exact) mass is 222 g/mol. The van der Waals surface area contributed by atoms with Gasteiger partial charge in [-0.25, -0.2) is 4.79 Å². The molecule has 1 aromatic rings. The molecule has 0 unspecified atom stereocenters. The summed E-state index contributed by atoms with van der Waals surface area (Å²) in [5.41, 5.74) is 0.405. The Labute approximate surface area is 93.9 Å². The van der Waals surface area contributed by atoms with Crippen molar-refractivity contribution in [2.24, 2.45) is 5.92 Å². The predicted octanol–water partition coefficient (Wildman–Crippen LogP) is 2.23. The standard InChI is InChI=1S/C12H14O4/c1-7(2)11(13)9-6-8(12(14)15)4-5-10(9)16-3/h4-7H,1-3H3,(H,14,15). The fourth-order valence-electron chi connectivity index (χ4n) is 1.34. The van der Waals surface area contributed by atoms with Gasteiger partial charge in [0.2, 0.25) is 0 Å². The molecule has 0 saturated heterocycles. The molecule has 1 rings (SSSR count). The minimum Gasteiger partial charge on any atom is -0.496 e. The summed E-state index contributed by atoms with van der Waals surface area (Å²) in [5.74, 6) is -0.970. The first kappa shape index (κ1) is 12.2. The van der Waals surface area contributed by atoms with Crippen LogP contribution in [0.3, 0.4) is 0 Å². The van der Waals surface area contributed by atoms with Crippen molar-refractivity contribution >= 4 is 11.8 Å². The van der Waals surface area contributed by atoms with Gasteiger partial charge in [-0.1, -0.05) is 13.8 Å². The van der Waals surface area contributed by atoms with Crippen LogP contribution in [0, 0.1) is 5.92 Å². The van der Waals surface area contributed by atoms with Crippen molar-refractivity contribution < 1.29 is 19.4 Å². The number of ether oxygens (including phenoxy) is 1. The van der Waals surface area contributed by atoms with Crippen molar-refractivity contribution in [3.63, 3.8) is 0 Å². The molecule has 16 heavy (non-hydrogen) atoms. The molecule has 0 bridgehead atoms. The van der Waals surface area contributed by atoms with Gasteiger partial charge in [-0.15, -0.1) is 0 Å². The van der Waals surface area contributed by atoms with Gasteiger partial charge >= 0.3 is 5.97 Å².